The van der Waals surface area contributed by atoms with Crippen LogP contribution in [-0.4, -0.2) is 35.5 Å². The Hall–Kier alpha value is -1.09. The van der Waals surface area contributed by atoms with E-state index in [1.54, 1.807) is 0 Å². The Kier molecular flexibility index (Phi) is 6.12. The molecule has 9 heteroatoms. The van der Waals surface area contributed by atoms with Gasteiger partial charge in [0.15, 0.2) is 5.67 Å². The molecule has 23 heavy (non-hydrogen) atoms. The van der Waals surface area contributed by atoms with E-state index in [2.05, 4.69) is 22.6 Å². The van der Waals surface area contributed by atoms with Crippen LogP contribution in [0.4, 0.5) is 30.7 Å². The molecule has 0 aliphatic rings. The predicted molar refractivity (Wildman–Crippen MR) is 70.5 cm³/mol. The van der Waals surface area contributed by atoms with Gasteiger partial charge in [-0.05, 0) is 33.8 Å². The smallest absolute Gasteiger partial charge is 0.337 e. The summed E-state index contributed by atoms with van der Waals surface area (Å²) in [6, 6.07) is 0. The monoisotopic (exact) mass is 352 g/mol. The fraction of sp³-hybridized carbons (Fsp3) is 0.714. The van der Waals surface area contributed by atoms with Crippen LogP contribution in [-0.2, 0) is 9.47 Å². The summed E-state index contributed by atoms with van der Waals surface area (Å²) in [7, 11) is 0. The van der Waals surface area contributed by atoms with Gasteiger partial charge in [0.2, 0.25) is 11.5 Å². The highest BCUT2D eigenvalue weighted by molar-refractivity contribution is 5.10. The Bertz CT molecular complexity index is 443. The van der Waals surface area contributed by atoms with Gasteiger partial charge in [-0.3, -0.25) is 0 Å². The molecule has 2 nitrogen and oxygen atoms in total. The summed E-state index contributed by atoms with van der Waals surface area (Å²) >= 11 is 0. The molecule has 5 atom stereocenters. The van der Waals surface area contributed by atoms with Gasteiger partial charge in [0.05, 0.1) is 6.10 Å². The first-order valence-electron chi connectivity index (χ1n) is 6.43. The highest BCUT2D eigenvalue weighted by Gasteiger charge is 2.66. The molecule has 0 rings (SSSR count). The van der Waals surface area contributed by atoms with Crippen molar-refractivity contribution < 1.29 is 40.2 Å². The van der Waals surface area contributed by atoms with Gasteiger partial charge < -0.3 is 4.74 Å². The summed E-state index contributed by atoms with van der Waals surface area (Å²) in [5.41, 5.74) is -6.36. The van der Waals surface area contributed by atoms with E-state index in [1.165, 1.54) is 0 Å². The second kappa shape index (κ2) is 6.43. The molecular weight excluding hydrogens is 333 g/mol. The average Bonchev–Trinajstić information content (AvgIpc) is 2.35. The van der Waals surface area contributed by atoms with Gasteiger partial charge in [-0.25, -0.2) is 22.3 Å². The molecule has 0 aromatic carbocycles. The lowest BCUT2D eigenvalue weighted by Crippen LogP contribution is -2.62. The van der Waals surface area contributed by atoms with Crippen molar-refractivity contribution in [2.45, 2.75) is 63.2 Å². The zero-order valence-corrected chi connectivity index (χ0v) is 13.1. The first-order valence-corrected chi connectivity index (χ1v) is 6.43. The third-order valence-electron chi connectivity index (χ3n) is 3.60. The summed E-state index contributed by atoms with van der Waals surface area (Å²) in [6.07, 6.45) is -6.77. The van der Waals surface area contributed by atoms with Gasteiger partial charge in [-0.1, -0.05) is 19.2 Å². The van der Waals surface area contributed by atoms with Crippen molar-refractivity contribution in [3.63, 3.8) is 0 Å². The Morgan fingerprint density at radius 2 is 1.30 bits per heavy atom. The van der Waals surface area contributed by atoms with Crippen molar-refractivity contribution in [3.05, 3.63) is 25.3 Å². The zero-order valence-electron chi connectivity index (χ0n) is 13.1. The van der Waals surface area contributed by atoms with E-state index in [1.807, 2.05) is 0 Å². The number of ether oxygens (including phenoxy) is 2. The van der Waals surface area contributed by atoms with Crippen molar-refractivity contribution >= 4 is 0 Å². The van der Waals surface area contributed by atoms with Crippen LogP contribution in [0.3, 0.4) is 0 Å². The molecule has 0 aromatic heterocycles. The van der Waals surface area contributed by atoms with Crippen molar-refractivity contribution in [2.24, 2.45) is 0 Å². The van der Waals surface area contributed by atoms with E-state index in [-0.39, 0.29) is 13.0 Å². The number of alkyl halides is 7. The fourth-order valence-electron chi connectivity index (χ4n) is 1.53. The summed E-state index contributed by atoms with van der Waals surface area (Å²) in [5.74, 6) is -8.01. The number of halogens is 7. The second-order valence-corrected chi connectivity index (χ2v) is 5.43. The van der Waals surface area contributed by atoms with Gasteiger partial charge >= 0.3 is 6.36 Å². The lowest BCUT2D eigenvalue weighted by Gasteiger charge is -2.43. The SMILES string of the molecule is C=CC(C)(F)C(C)OC(C)(F)C(C)(F)C(F)(C=C)OC(F)(F)F. The van der Waals surface area contributed by atoms with Crippen molar-refractivity contribution in [2.75, 3.05) is 0 Å². The molecule has 136 valence electrons. The van der Waals surface area contributed by atoms with Crippen molar-refractivity contribution in [3.8, 4) is 0 Å². The third kappa shape index (κ3) is 4.69. The van der Waals surface area contributed by atoms with E-state index >= 15 is 0 Å². The Balaban J connectivity index is 5.67. The van der Waals surface area contributed by atoms with E-state index in [9.17, 15) is 30.7 Å². The quantitative estimate of drug-likeness (QED) is 0.447. The van der Waals surface area contributed by atoms with Gasteiger partial charge in [0.1, 0.15) is 0 Å². The Labute approximate surface area is 129 Å². The van der Waals surface area contributed by atoms with Crippen LogP contribution in [0.2, 0.25) is 0 Å². The summed E-state index contributed by atoms with van der Waals surface area (Å²) in [4.78, 5) is 0. The number of hydrogen-bond acceptors (Lipinski definition) is 2. The lowest BCUT2D eigenvalue weighted by atomic mass is 9.90. The van der Waals surface area contributed by atoms with Crippen molar-refractivity contribution in [1.29, 1.82) is 0 Å². The zero-order chi connectivity index (χ0) is 18.9. The molecule has 0 saturated carbocycles. The average molecular weight is 352 g/mol. The van der Waals surface area contributed by atoms with Crippen molar-refractivity contribution in [1.82, 2.24) is 0 Å². The second-order valence-electron chi connectivity index (χ2n) is 5.43. The molecule has 0 radical (unpaired) electrons. The number of rotatable bonds is 8. The van der Waals surface area contributed by atoms with Crippen LogP contribution in [0.5, 0.6) is 0 Å². The van der Waals surface area contributed by atoms with Gasteiger partial charge in [-0.2, -0.15) is 0 Å². The lowest BCUT2D eigenvalue weighted by molar-refractivity contribution is -0.421. The maximum atomic E-state index is 14.6. The molecule has 0 aliphatic carbocycles. The minimum absolute atomic E-state index is 0.149. The molecule has 0 aliphatic heterocycles. The van der Waals surface area contributed by atoms with Crippen LogP contribution in [0.15, 0.2) is 25.3 Å². The van der Waals surface area contributed by atoms with E-state index in [0.717, 1.165) is 19.9 Å². The van der Waals surface area contributed by atoms with Crippen LogP contribution in [0, 0.1) is 0 Å². The molecule has 0 N–H and O–H groups in total. The van der Waals surface area contributed by atoms with Crippen LogP contribution >= 0.6 is 0 Å². The third-order valence-corrected chi connectivity index (χ3v) is 3.60. The predicted octanol–water partition coefficient (Wildman–Crippen LogP) is 5.11. The molecule has 0 heterocycles. The number of hydrogen-bond donors (Lipinski definition) is 0. The highest BCUT2D eigenvalue weighted by Crippen LogP contribution is 2.47. The first-order chi connectivity index (χ1) is 9.96. The highest BCUT2D eigenvalue weighted by atomic mass is 19.4. The standard InChI is InChI=1S/C14H19F7O2/c1-7-10(4,15)9(3)22-12(6,17)11(5,16)13(18,8-2)23-14(19,20)21/h7-9H,1-2H2,3-6H3. The van der Waals surface area contributed by atoms with Crippen LogP contribution in [0.1, 0.15) is 27.7 Å². The molecule has 0 amide bonds. The molecular formula is C14H19F7O2. The summed E-state index contributed by atoms with van der Waals surface area (Å²) < 4.78 is 102. The molecule has 5 unspecified atom stereocenters. The molecule has 0 aromatic rings. The summed E-state index contributed by atoms with van der Waals surface area (Å²) in [5, 5.41) is 0. The molecule has 0 fully saturated rings. The molecule has 0 bridgehead atoms. The van der Waals surface area contributed by atoms with Crippen LogP contribution < -0.4 is 0 Å². The van der Waals surface area contributed by atoms with Gasteiger partial charge in [0, 0.05) is 0 Å². The van der Waals surface area contributed by atoms with Crippen LogP contribution in [0.25, 0.3) is 0 Å². The minimum Gasteiger partial charge on any atom is -0.337 e. The molecule has 0 saturated heterocycles. The Morgan fingerprint density at radius 1 is 0.870 bits per heavy atom. The largest absolute Gasteiger partial charge is 0.525 e. The Morgan fingerprint density at radius 3 is 1.61 bits per heavy atom. The van der Waals surface area contributed by atoms with Gasteiger partial charge in [-0.15, -0.1) is 13.2 Å². The minimum atomic E-state index is -5.62. The maximum Gasteiger partial charge on any atom is 0.525 e. The topological polar surface area (TPSA) is 18.5 Å². The maximum absolute atomic E-state index is 14.6. The summed E-state index contributed by atoms with van der Waals surface area (Å²) in [6.45, 7) is 8.18. The van der Waals surface area contributed by atoms with Gasteiger partial charge in [0.25, 0.3) is 5.85 Å². The molecule has 0 spiro atoms. The normalized spacial score (nSPS) is 24.5. The van der Waals surface area contributed by atoms with E-state index in [4.69, 9.17) is 0 Å². The first kappa shape index (κ1) is 21.9. The van der Waals surface area contributed by atoms with E-state index in [0.29, 0.717) is 6.92 Å². The fourth-order valence-corrected chi connectivity index (χ4v) is 1.53. The van der Waals surface area contributed by atoms with E-state index < -0.39 is 35.5 Å².